The number of imide groups is 1. The van der Waals surface area contributed by atoms with Gasteiger partial charge < -0.3 is 4.57 Å². The first-order valence-corrected chi connectivity index (χ1v) is 10.9. The van der Waals surface area contributed by atoms with Crippen LogP contribution >= 0.6 is 0 Å². The standard InChI is InChI=1S/C24H31N3O2/c1-4-5-13-26-17(2)21-22(18(26)3)24(29)27(23(21)28)14-8-12-25-15-11-19-9-6-7-10-20(19)16-25/h6-7,9-10H,4-5,8,11-16H2,1-3H3. The maximum absolute atomic E-state index is 13.0. The summed E-state index contributed by atoms with van der Waals surface area (Å²) in [5.41, 5.74) is 6.00. The molecule has 5 heteroatoms. The molecule has 4 rings (SSSR count). The molecule has 0 spiro atoms. The normalized spacial score (nSPS) is 16.4. The summed E-state index contributed by atoms with van der Waals surface area (Å²) in [5.74, 6) is -0.213. The fourth-order valence-electron chi connectivity index (χ4n) is 4.82. The summed E-state index contributed by atoms with van der Waals surface area (Å²) >= 11 is 0. The van der Waals surface area contributed by atoms with Crippen LogP contribution in [0.25, 0.3) is 0 Å². The van der Waals surface area contributed by atoms with E-state index < -0.39 is 0 Å². The molecular formula is C24H31N3O2. The van der Waals surface area contributed by atoms with Crippen molar-refractivity contribution in [1.82, 2.24) is 14.4 Å². The number of unbranched alkanes of at least 4 members (excludes halogenated alkanes) is 1. The van der Waals surface area contributed by atoms with Crippen molar-refractivity contribution in [2.24, 2.45) is 0 Å². The van der Waals surface area contributed by atoms with Crippen LogP contribution < -0.4 is 0 Å². The molecule has 0 N–H and O–H groups in total. The molecule has 2 aliphatic heterocycles. The number of carbonyl (C=O) groups excluding carboxylic acids is 2. The molecular weight excluding hydrogens is 362 g/mol. The molecule has 3 heterocycles. The van der Waals surface area contributed by atoms with Crippen molar-refractivity contribution in [2.45, 2.75) is 59.5 Å². The molecule has 0 saturated carbocycles. The van der Waals surface area contributed by atoms with Crippen LogP contribution in [-0.4, -0.2) is 45.8 Å². The Morgan fingerprint density at radius 2 is 1.52 bits per heavy atom. The molecule has 29 heavy (non-hydrogen) atoms. The highest BCUT2D eigenvalue weighted by Gasteiger charge is 2.40. The van der Waals surface area contributed by atoms with E-state index in [1.165, 1.54) is 16.0 Å². The third kappa shape index (κ3) is 3.52. The van der Waals surface area contributed by atoms with Gasteiger partial charge in [-0.3, -0.25) is 19.4 Å². The van der Waals surface area contributed by atoms with Crippen LogP contribution in [0.15, 0.2) is 24.3 Å². The second-order valence-electron chi connectivity index (χ2n) is 8.34. The topological polar surface area (TPSA) is 45.6 Å². The number of nitrogens with zero attached hydrogens (tertiary/aromatic N) is 3. The molecule has 154 valence electrons. The maximum Gasteiger partial charge on any atom is 0.263 e. The van der Waals surface area contributed by atoms with Gasteiger partial charge >= 0.3 is 0 Å². The highest BCUT2D eigenvalue weighted by atomic mass is 16.2. The van der Waals surface area contributed by atoms with Gasteiger partial charge in [0.15, 0.2) is 0 Å². The van der Waals surface area contributed by atoms with E-state index in [4.69, 9.17) is 0 Å². The van der Waals surface area contributed by atoms with Crippen LogP contribution in [0.3, 0.4) is 0 Å². The van der Waals surface area contributed by atoms with Crippen LogP contribution in [0.1, 0.15) is 69.4 Å². The van der Waals surface area contributed by atoms with Gasteiger partial charge in [-0.1, -0.05) is 37.6 Å². The van der Waals surface area contributed by atoms with E-state index >= 15 is 0 Å². The predicted molar refractivity (Wildman–Crippen MR) is 114 cm³/mol. The first kappa shape index (κ1) is 19.9. The Kier molecular flexibility index (Phi) is 5.59. The van der Waals surface area contributed by atoms with Crippen molar-refractivity contribution in [3.8, 4) is 0 Å². The highest BCUT2D eigenvalue weighted by Crippen LogP contribution is 2.31. The van der Waals surface area contributed by atoms with Gasteiger partial charge in [-0.05, 0) is 44.2 Å². The molecule has 0 fully saturated rings. The van der Waals surface area contributed by atoms with Gasteiger partial charge in [0.25, 0.3) is 11.8 Å². The maximum atomic E-state index is 13.0. The number of hydrogen-bond acceptors (Lipinski definition) is 3. The van der Waals surface area contributed by atoms with E-state index in [0.717, 1.165) is 63.3 Å². The molecule has 5 nitrogen and oxygen atoms in total. The number of benzene rings is 1. The Morgan fingerprint density at radius 3 is 2.17 bits per heavy atom. The van der Waals surface area contributed by atoms with E-state index in [-0.39, 0.29) is 11.8 Å². The van der Waals surface area contributed by atoms with Gasteiger partial charge in [-0.2, -0.15) is 0 Å². The number of fused-ring (bicyclic) bond motifs is 2. The van der Waals surface area contributed by atoms with Gasteiger partial charge in [-0.25, -0.2) is 0 Å². The first-order valence-electron chi connectivity index (χ1n) is 10.9. The molecule has 0 atom stereocenters. The minimum Gasteiger partial charge on any atom is -0.348 e. The summed E-state index contributed by atoms with van der Waals surface area (Å²) in [4.78, 5) is 29.9. The zero-order valence-corrected chi connectivity index (χ0v) is 17.8. The SMILES string of the molecule is CCCCn1c(C)c2c(c1C)C(=O)N(CCCN1CCc3ccccc3C1)C2=O. The smallest absolute Gasteiger partial charge is 0.263 e. The number of hydrogen-bond donors (Lipinski definition) is 0. The lowest BCUT2D eigenvalue weighted by Crippen LogP contribution is -2.36. The Labute approximate surface area is 173 Å². The summed E-state index contributed by atoms with van der Waals surface area (Å²) in [6.07, 6.45) is 4.04. The molecule has 0 unspecified atom stereocenters. The van der Waals surface area contributed by atoms with Crippen molar-refractivity contribution in [2.75, 3.05) is 19.6 Å². The lowest BCUT2D eigenvalue weighted by molar-refractivity contribution is 0.0644. The summed E-state index contributed by atoms with van der Waals surface area (Å²) in [5, 5.41) is 0. The van der Waals surface area contributed by atoms with Crippen LogP contribution in [-0.2, 0) is 19.5 Å². The second kappa shape index (κ2) is 8.15. The van der Waals surface area contributed by atoms with Gasteiger partial charge in [0, 0.05) is 44.1 Å². The molecule has 0 aliphatic carbocycles. The quantitative estimate of drug-likeness (QED) is 0.669. The molecule has 0 radical (unpaired) electrons. The summed E-state index contributed by atoms with van der Waals surface area (Å²) in [6, 6.07) is 8.61. The van der Waals surface area contributed by atoms with Gasteiger partial charge in [0.05, 0.1) is 11.1 Å². The largest absolute Gasteiger partial charge is 0.348 e. The zero-order valence-electron chi connectivity index (χ0n) is 17.8. The first-order chi connectivity index (χ1) is 14.0. The van der Waals surface area contributed by atoms with Crippen molar-refractivity contribution >= 4 is 11.8 Å². The Balaban J connectivity index is 1.39. The van der Waals surface area contributed by atoms with Crippen molar-refractivity contribution in [3.63, 3.8) is 0 Å². The van der Waals surface area contributed by atoms with Gasteiger partial charge in [-0.15, -0.1) is 0 Å². The van der Waals surface area contributed by atoms with Crippen LogP contribution in [0, 0.1) is 13.8 Å². The fourth-order valence-corrected chi connectivity index (χ4v) is 4.82. The van der Waals surface area contributed by atoms with Crippen molar-refractivity contribution in [1.29, 1.82) is 0 Å². The third-order valence-electron chi connectivity index (χ3n) is 6.50. The lowest BCUT2D eigenvalue weighted by Gasteiger charge is -2.29. The molecule has 2 aromatic rings. The van der Waals surface area contributed by atoms with E-state index in [1.54, 1.807) is 0 Å². The van der Waals surface area contributed by atoms with Crippen molar-refractivity contribution in [3.05, 3.63) is 57.9 Å². The van der Waals surface area contributed by atoms with E-state index in [1.807, 2.05) is 13.8 Å². The summed E-state index contributed by atoms with van der Waals surface area (Å²) < 4.78 is 2.15. The van der Waals surface area contributed by atoms with Crippen LogP contribution in [0.2, 0.25) is 0 Å². The second-order valence-corrected chi connectivity index (χ2v) is 8.34. The number of amides is 2. The minimum absolute atomic E-state index is 0.107. The monoisotopic (exact) mass is 393 g/mol. The van der Waals surface area contributed by atoms with Crippen LogP contribution in [0.5, 0.6) is 0 Å². The fraction of sp³-hybridized carbons (Fsp3) is 0.500. The minimum atomic E-state index is -0.107. The Bertz CT molecular complexity index is 904. The van der Waals surface area contributed by atoms with Gasteiger partial charge in [0.2, 0.25) is 0 Å². The lowest BCUT2D eigenvalue weighted by atomic mass is 10.00. The van der Waals surface area contributed by atoms with Gasteiger partial charge in [0.1, 0.15) is 0 Å². The Hall–Kier alpha value is -2.40. The molecule has 1 aromatic carbocycles. The highest BCUT2D eigenvalue weighted by molar-refractivity contribution is 6.22. The number of aromatic nitrogens is 1. The summed E-state index contributed by atoms with van der Waals surface area (Å²) in [7, 11) is 0. The third-order valence-corrected chi connectivity index (χ3v) is 6.50. The number of rotatable bonds is 7. The molecule has 2 amide bonds. The molecule has 0 saturated heterocycles. The number of carbonyl (C=O) groups is 2. The van der Waals surface area contributed by atoms with E-state index in [9.17, 15) is 9.59 Å². The Morgan fingerprint density at radius 1 is 0.862 bits per heavy atom. The average molecular weight is 394 g/mol. The molecule has 1 aromatic heterocycles. The zero-order chi connectivity index (χ0) is 20.5. The average Bonchev–Trinajstić information content (AvgIpc) is 3.12. The van der Waals surface area contributed by atoms with Crippen LogP contribution in [0.4, 0.5) is 0 Å². The van der Waals surface area contributed by atoms with Crippen molar-refractivity contribution < 1.29 is 9.59 Å². The molecule has 0 bridgehead atoms. The molecule has 2 aliphatic rings. The van der Waals surface area contributed by atoms with E-state index in [0.29, 0.717) is 17.7 Å². The van der Waals surface area contributed by atoms with E-state index in [2.05, 4.69) is 40.7 Å². The predicted octanol–water partition coefficient (Wildman–Crippen LogP) is 3.95. The summed E-state index contributed by atoms with van der Waals surface area (Å²) in [6.45, 7) is 10.4.